The van der Waals surface area contributed by atoms with Crippen LogP contribution in [0.4, 0.5) is 0 Å². The minimum atomic E-state index is -0.704. The maximum Gasteiger partial charge on any atom is 0.303 e. The molecule has 1 atom stereocenters. The number of hydrogen-bond acceptors (Lipinski definition) is 2. The summed E-state index contributed by atoms with van der Waals surface area (Å²) >= 11 is 0. The molecule has 1 N–H and O–H groups in total. The SMILES string of the molecule is CCCCCC(/C=C/C=C\CCCCCCCC(=O)O)O[O]. The zero-order chi connectivity index (χ0) is 16.5. The van der Waals surface area contributed by atoms with E-state index in [-0.39, 0.29) is 12.5 Å². The molecule has 0 aromatic carbocycles. The Hall–Kier alpha value is -1.13. The number of carboxylic acids is 1. The first-order valence-corrected chi connectivity index (χ1v) is 8.54. The van der Waals surface area contributed by atoms with Crippen LogP contribution in [0.3, 0.4) is 0 Å². The quantitative estimate of drug-likeness (QED) is 0.195. The molecule has 0 amide bonds. The minimum Gasteiger partial charge on any atom is -0.481 e. The zero-order valence-electron chi connectivity index (χ0n) is 13.8. The number of rotatable bonds is 15. The van der Waals surface area contributed by atoms with Crippen molar-refractivity contribution in [3.05, 3.63) is 24.3 Å². The summed E-state index contributed by atoms with van der Waals surface area (Å²) < 4.78 is 0. The molecule has 0 bridgehead atoms. The fourth-order valence-electron chi connectivity index (χ4n) is 2.20. The van der Waals surface area contributed by atoms with Crippen molar-refractivity contribution in [2.45, 2.75) is 83.7 Å². The van der Waals surface area contributed by atoms with E-state index in [2.05, 4.69) is 17.9 Å². The molecule has 0 saturated carbocycles. The second-order valence-corrected chi connectivity index (χ2v) is 5.64. The van der Waals surface area contributed by atoms with Crippen molar-refractivity contribution in [3.8, 4) is 0 Å². The van der Waals surface area contributed by atoms with Gasteiger partial charge in [-0.2, -0.15) is 4.89 Å². The molecule has 0 heterocycles. The Balaban J connectivity index is 3.51. The molecule has 4 heteroatoms. The van der Waals surface area contributed by atoms with Gasteiger partial charge in [-0.05, 0) is 30.9 Å². The van der Waals surface area contributed by atoms with Gasteiger partial charge in [0, 0.05) is 6.42 Å². The molecule has 0 saturated heterocycles. The normalized spacial score (nSPS) is 13.2. The lowest BCUT2D eigenvalue weighted by Crippen LogP contribution is -2.05. The lowest BCUT2D eigenvalue weighted by Gasteiger charge is -2.05. The predicted octanol–water partition coefficient (Wildman–Crippen LogP) is 5.23. The third-order valence-corrected chi connectivity index (χ3v) is 3.55. The molecule has 22 heavy (non-hydrogen) atoms. The van der Waals surface area contributed by atoms with E-state index in [1.807, 2.05) is 18.2 Å². The second kappa shape index (κ2) is 16.2. The van der Waals surface area contributed by atoms with E-state index < -0.39 is 5.97 Å². The van der Waals surface area contributed by atoms with Gasteiger partial charge in [-0.1, -0.05) is 69.8 Å². The average molecular weight is 311 g/mol. The van der Waals surface area contributed by atoms with E-state index in [9.17, 15) is 10.1 Å². The number of carbonyl (C=O) groups is 1. The number of carboxylic acid groups (broad SMARTS) is 1. The van der Waals surface area contributed by atoms with Gasteiger partial charge in [0.1, 0.15) is 6.10 Å². The highest BCUT2D eigenvalue weighted by Gasteiger charge is 2.03. The van der Waals surface area contributed by atoms with Gasteiger partial charge in [-0.25, -0.2) is 0 Å². The predicted molar refractivity (Wildman–Crippen MR) is 87.9 cm³/mol. The molecule has 0 fully saturated rings. The van der Waals surface area contributed by atoms with Crippen molar-refractivity contribution in [2.24, 2.45) is 0 Å². The molecule has 0 aromatic rings. The van der Waals surface area contributed by atoms with E-state index in [1.54, 1.807) is 0 Å². The van der Waals surface area contributed by atoms with Crippen LogP contribution in [0.15, 0.2) is 24.3 Å². The molecule has 1 radical (unpaired) electrons. The Bertz CT molecular complexity index is 310. The number of aliphatic carboxylic acids is 1. The fourth-order valence-corrected chi connectivity index (χ4v) is 2.20. The van der Waals surface area contributed by atoms with Gasteiger partial charge in [0.25, 0.3) is 0 Å². The number of hydrogen-bond donors (Lipinski definition) is 1. The van der Waals surface area contributed by atoms with Gasteiger partial charge >= 0.3 is 5.97 Å². The maximum atomic E-state index is 10.5. The van der Waals surface area contributed by atoms with E-state index >= 15 is 0 Å². The van der Waals surface area contributed by atoms with Crippen molar-refractivity contribution < 1.29 is 20.0 Å². The lowest BCUT2D eigenvalue weighted by atomic mass is 10.1. The van der Waals surface area contributed by atoms with Crippen LogP contribution in [-0.2, 0) is 14.9 Å². The Labute approximate surface area is 134 Å². The summed E-state index contributed by atoms with van der Waals surface area (Å²) in [4.78, 5) is 14.5. The maximum absolute atomic E-state index is 10.5. The van der Waals surface area contributed by atoms with E-state index in [0.717, 1.165) is 64.2 Å². The molecule has 127 valence electrons. The van der Waals surface area contributed by atoms with Crippen molar-refractivity contribution in [2.75, 3.05) is 0 Å². The summed E-state index contributed by atoms with van der Waals surface area (Å²) in [6.07, 6.45) is 18.0. The molecular weight excluding hydrogens is 280 g/mol. The smallest absolute Gasteiger partial charge is 0.303 e. The molecule has 4 nitrogen and oxygen atoms in total. The number of allylic oxidation sites excluding steroid dienone is 3. The molecular formula is C18H31O4. The van der Waals surface area contributed by atoms with Gasteiger partial charge in [0.15, 0.2) is 0 Å². The van der Waals surface area contributed by atoms with Crippen molar-refractivity contribution >= 4 is 5.97 Å². The Morgan fingerprint density at radius 1 is 1.05 bits per heavy atom. The van der Waals surface area contributed by atoms with Crippen molar-refractivity contribution in [3.63, 3.8) is 0 Å². The second-order valence-electron chi connectivity index (χ2n) is 5.64. The molecule has 0 aliphatic rings. The van der Waals surface area contributed by atoms with Crippen LogP contribution in [0.5, 0.6) is 0 Å². The van der Waals surface area contributed by atoms with Gasteiger partial charge < -0.3 is 5.11 Å². The van der Waals surface area contributed by atoms with Crippen molar-refractivity contribution in [1.82, 2.24) is 0 Å². The lowest BCUT2D eigenvalue weighted by molar-refractivity contribution is -0.325. The largest absolute Gasteiger partial charge is 0.481 e. The van der Waals surface area contributed by atoms with Crippen LogP contribution in [0, 0.1) is 0 Å². The van der Waals surface area contributed by atoms with Crippen LogP contribution < -0.4 is 0 Å². The monoisotopic (exact) mass is 311 g/mol. The Morgan fingerprint density at radius 3 is 2.45 bits per heavy atom. The van der Waals surface area contributed by atoms with E-state index in [0.29, 0.717) is 0 Å². The van der Waals surface area contributed by atoms with Gasteiger partial charge in [0.2, 0.25) is 0 Å². The van der Waals surface area contributed by atoms with Gasteiger partial charge in [0.05, 0.1) is 0 Å². The van der Waals surface area contributed by atoms with Gasteiger partial charge in [-0.15, -0.1) is 0 Å². The summed E-state index contributed by atoms with van der Waals surface area (Å²) in [5, 5.41) is 19.1. The molecule has 0 aromatic heterocycles. The standard InChI is InChI=1S/C18H31O4/c1-2-3-11-14-17(22-21)15-12-9-7-5-4-6-8-10-13-16-18(19)20/h7,9,12,15,17H,2-6,8,10-11,13-14,16H2,1H3,(H,19,20)/b9-7-,15-12+. The van der Waals surface area contributed by atoms with Crippen LogP contribution >= 0.6 is 0 Å². The summed E-state index contributed by atoms with van der Waals surface area (Å²) in [5.74, 6) is -0.704. The van der Waals surface area contributed by atoms with Crippen LogP contribution in [0.1, 0.15) is 77.6 Å². The van der Waals surface area contributed by atoms with Crippen LogP contribution in [0.25, 0.3) is 0 Å². The summed E-state index contributed by atoms with van der Waals surface area (Å²) in [5.41, 5.74) is 0. The van der Waals surface area contributed by atoms with Crippen LogP contribution in [0.2, 0.25) is 0 Å². The van der Waals surface area contributed by atoms with E-state index in [1.165, 1.54) is 0 Å². The Morgan fingerprint density at radius 2 is 1.77 bits per heavy atom. The summed E-state index contributed by atoms with van der Waals surface area (Å²) in [6, 6.07) is 0. The van der Waals surface area contributed by atoms with Gasteiger partial charge in [-0.3, -0.25) is 4.79 Å². The first-order chi connectivity index (χ1) is 10.7. The Kier molecular flexibility index (Phi) is 15.4. The molecule has 0 spiro atoms. The highest BCUT2D eigenvalue weighted by Crippen LogP contribution is 2.09. The third-order valence-electron chi connectivity index (χ3n) is 3.55. The number of unbranched alkanes of at least 4 members (excludes halogenated alkanes) is 7. The average Bonchev–Trinajstić information content (AvgIpc) is 2.50. The zero-order valence-corrected chi connectivity index (χ0v) is 13.8. The molecule has 0 rings (SSSR count). The fraction of sp³-hybridized carbons (Fsp3) is 0.722. The molecule has 0 aliphatic heterocycles. The van der Waals surface area contributed by atoms with Crippen molar-refractivity contribution in [1.29, 1.82) is 0 Å². The van der Waals surface area contributed by atoms with E-state index in [4.69, 9.17) is 5.11 Å². The highest BCUT2D eigenvalue weighted by atomic mass is 17.1. The summed E-state index contributed by atoms with van der Waals surface area (Å²) in [7, 11) is 0. The molecule has 0 aliphatic carbocycles. The molecule has 1 unspecified atom stereocenters. The summed E-state index contributed by atoms with van der Waals surface area (Å²) in [6.45, 7) is 2.14. The first kappa shape index (κ1) is 20.9. The topological polar surface area (TPSA) is 66.4 Å². The highest BCUT2D eigenvalue weighted by molar-refractivity contribution is 5.66. The third kappa shape index (κ3) is 15.3. The first-order valence-electron chi connectivity index (χ1n) is 8.54. The van der Waals surface area contributed by atoms with Crippen LogP contribution in [-0.4, -0.2) is 17.2 Å². The minimum absolute atomic E-state index is 0.284.